The quantitative estimate of drug-likeness (QED) is 0.675. The Labute approximate surface area is 133 Å². The smallest absolute Gasteiger partial charge is 0.268 e. The maximum Gasteiger partial charge on any atom is 0.269 e. The lowest BCUT2D eigenvalue weighted by Gasteiger charge is -2.07. The summed E-state index contributed by atoms with van der Waals surface area (Å²) in [6.45, 7) is 1.83. The van der Waals surface area contributed by atoms with Gasteiger partial charge in [0.1, 0.15) is 0 Å². The van der Waals surface area contributed by atoms with Gasteiger partial charge in [-0.1, -0.05) is 41.9 Å². The van der Waals surface area contributed by atoms with Crippen LogP contribution in [-0.2, 0) is 4.79 Å². The maximum absolute atomic E-state index is 11.9. The first-order valence-corrected chi connectivity index (χ1v) is 7.03. The molecule has 0 heterocycles. The van der Waals surface area contributed by atoms with Crippen LogP contribution in [0.1, 0.15) is 21.5 Å². The van der Waals surface area contributed by atoms with E-state index in [-0.39, 0.29) is 5.91 Å². The highest BCUT2D eigenvalue weighted by atomic mass is 35.5. The first-order chi connectivity index (χ1) is 10.6. The zero-order valence-electron chi connectivity index (χ0n) is 12.0. The number of nitrogens with one attached hydrogen (secondary N) is 2. The van der Waals surface area contributed by atoms with Crippen LogP contribution in [0.25, 0.3) is 6.08 Å². The molecule has 22 heavy (non-hydrogen) atoms. The highest BCUT2D eigenvalue weighted by Crippen LogP contribution is 2.10. The van der Waals surface area contributed by atoms with Crippen LogP contribution in [0.15, 0.2) is 54.6 Å². The molecule has 0 spiro atoms. The average Bonchev–Trinajstić information content (AvgIpc) is 2.52. The van der Waals surface area contributed by atoms with Crippen molar-refractivity contribution in [3.05, 3.63) is 76.3 Å². The Kier molecular flexibility index (Phi) is 5.33. The van der Waals surface area contributed by atoms with Gasteiger partial charge in [-0.2, -0.15) is 0 Å². The molecule has 0 bridgehead atoms. The molecule has 2 aromatic rings. The molecule has 0 aliphatic rings. The molecule has 4 nitrogen and oxygen atoms in total. The van der Waals surface area contributed by atoms with Crippen molar-refractivity contribution in [3.8, 4) is 0 Å². The Balaban J connectivity index is 1.89. The predicted octanol–water partition coefficient (Wildman–Crippen LogP) is 3.12. The molecule has 0 unspecified atom stereocenters. The van der Waals surface area contributed by atoms with E-state index in [2.05, 4.69) is 10.9 Å². The second-order valence-electron chi connectivity index (χ2n) is 4.64. The Bertz CT molecular complexity index is 709. The molecule has 0 aliphatic carbocycles. The summed E-state index contributed by atoms with van der Waals surface area (Å²) in [7, 11) is 0. The van der Waals surface area contributed by atoms with Crippen LogP contribution in [0, 0.1) is 6.92 Å². The Morgan fingerprint density at radius 1 is 1.00 bits per heavy atom. The zero-order valence-corrected chi connectivity index (χ0v) is 12.7. The molecule has 0 aliphatic heterocycles. The number of halogens is 1. The molecule has 112 valence electrons. The van der Waals surface area contributed by atoms with Crippen molar-refractivity contribution in [3.63, 3.8) is 0 Å². The number of rotatable bonds is 3. The second-order valence-corrected chi connectivity index (χ2v) is 5.08. The molecule has 0 atom stereocenters. The number of carbonyl (C=O) groups is 2. The monoisotopic (exact) mass is 314 g/mol. The fourth-order valence-electron chi connectivity index (χ4n) is 1.80. The van der Waals surface area contributed by atoms with Crippen molar-refractivity contribution in [1.82, 2.24) is 10.9 Å². The highest BCUT2D eigenvalue weighted by molar-refractivity contribution is 6.30. The molecule has 0 radical (unpaired) electrons. The van der Waals surface area contributed by atoms with Gasteiger partial charge in [-0.05, 0) is 42.3 Å². The number of amides is 2. The van der Waals surface area contributed by atoms with Gasteiger partial charge in [0.2, 0.25) is 0 Å². The molecule has 0 saturated carbocycles. The van der Waals surface area contributed by atoms with E-state index in [4.69, 9.17) is 11.6 Å². The minimum atomic E-state index is -0.420. The Morgan fingerprint density at radius 2 is 1.68 bits per heavy atom. The van der Waals surface area contributed by atoms with Crippen LogP contribution in [0.3, 0.4) is 0 Å². The molecule has 2 amide bonds. The fraction of sp³-hybridized carbons (Fsp3) is 0.0588. The van der Waals surface area contributed by atoms with Gasteiger partial charge in [-0.3, -0.25) is 20.4 Å². The third-order valence-corrected chi connectivity index (χ3v) is 3.24. The van der Waals surface area contributed by atoms with Gasteiger partial charge in [0.15, 0.2) is 0 Å². The lowest BCUT2D eigenvalue weighted by atomic mass is 10.1. The summed E-state index contributed by atoms with van der Waals surface area (Å²) >= 11 is 5.78. The third-order valence-electron chi connectivity index (χ3n) is 2.99. The number of hydrogen-bond acceptors (Lipinski definition) is 2. The van der Waals surface area contributed by atoms with Crippen molar-refractivity contribution >= 4 is 29.5 Å². The van der Waals surface area contributed by atoms with E-state index in [1.165, 1.54) is 6.08 Å². The van der Waals surface area contributed by atoms with Crippen LogP contribution >= 0.6 is 11.6 Å². The minimum absolute atomic E-state index is 0.355. The molecule has 0 aromatic heterocycles. The van der Waals surface area contributed by atoms with E-state index in [9.17, 15) is 9.59 Å². The normalized spacial score (nSPS) is 10.5. The topological polar surface area (TPSA) is 58.2 Å². The van der Waals surface area contributed by atoms with Crippen molar-refractivity contribution in [2.24, 2.45) is 0 Å². The van der Waals surface area contributed by atoms with E-state index in [1.807, 2.05) is 19.1 Å². The van der Waals surface area contributed by atoms with Gasteiger partial charge in [0.05, 0.1) is 0 Å². The summed E-state index contributed by atoms with van der Waals surface area (Å²) in [4.78, 5) is 23.6. The molecule has 0 fully saturated rings. The second kappa shape index (κ2) is 7.43. The van der Waals surface area contributed by atoms with Gasteiger partial charge in [0, 0.05) is 16.7 Å². The lowest BCUT2D eigenvalue weighted by molar-refractivity contribution is -0.117. The number of benzene rings is 2. The molecular formula is C17H15ClN2O2. The van der Waals surface area contributed by atoms with Crippen LogP contribution in [-0.4, -0.2) is 11.8 Å². The van der Waals surface area contributed by atoms with Crippen LogP contribution < -0.4 is 10.9 Å². The largest absolute Gasteiger partial charge is 0.269 e. The van der Waals surface area contributed by atoms with Crippen molar-refractivity contribution in [2.45, 2.75) is 6.92 Å². The minimum Gasteiger partial charge on any atom is -0.268 e. The molecule has 2 N–H and O–H groups in total. The molecule has 5 heteroatoms. The van der Waals surface area contributed by atoms with E-state index < -0.39 is 5.91 Å². The van der Waals surface area contributed by atoms with Gasteiger partial charge in [-0.25, -0.2) is 0 Å². The van der Waals surface area contributed by atoms with Gasteiger partial charge < -0.3 is 0 Å². The maximum atomic E-state index is 11.9. The number of carbonyl (C=O) groups excluding carboxylic acids is 2. The van der Waals surface area contributed by atoms with Gasteiger partial charge >= 0.3 is 0 Å². The Hall–Kier alpha value is -2.59. The molecule has 2 aromatic carbocycles. The first-order valence-electron chi connectivity index (χ1n) is 6.66. The third kappa shape index (κ3) is 4.46. The van der Waals surface area contributed by atoms with Gasteiger partial charge in [-0.15, -0.1) is 0 Å². The van der Waals surface area contributed by atoms with E-state index >= 15 is 0 Å². The number of hydrogen-bond donors (Lipinski definition) is 2. The average molecular weight is 315 g/mol. The summed E-state index contributed by atoms with van der Waals surface area (Å²) in [6, 6.07) is 14.2. The van der Waals surface area contributed by atoms with Crippen LogP contribution in [0.2, 0.25) is 5.02 Å². The van der Waals surface area contributed by atoms with E-state index in [0.29, 0.717) is 10.6 Å². The highest BCUT2D eigenvalue weighted by Gasteiger charge is 2.07. The predicted molar refractivity (Wildman–Crippen MR) is 87.3 cm³/mol. The first kappa shape index (κ1) is 15.8. The summed E-state index contributed by atoms with van der Waals surface area (Å²) in [5.41, 5.74) is 6.91. The SMILES string of the molecule is Cc1ccccc1C(=O)NNC(=O)/C=C/c1ccc(Cl)cc1. The summed E-state index contributed by atoms with van der Waals surface area (Å²) in [5, 5.41) is 0.632. The molecular weight excluding hydrogens is 300 g/mol. The number of aryl methyl sites for hydroxylation is 1. The van der Waals surface area contributed by atoms with Gasteiger partial charge in [0.25, 0.3) is 11.8 Å². The van der Waals surface area contributed by atoms with E-state index in [1.54, 1.807) is 42.5 Å². The zero-order chi connectivity index (χ0) is 15.9. The summed E-state index contributed by atoms with van der Waals surface area (Å²) in [5.74, 6) is -0.775. The summed E-state index contributed by atoms with van der Waals surface area (Å²) < 4.78 is 0. The number of hydrazine groups is 1. The van der Waals surface area contributed by atoms with E-state index in [0.717, 1.165) is 11.1 Å². The molecule has 2 rings (SSSR count). The van der Waals surface area contributed by atoms with Crippen LogP contribution in [0.5, 0.6) is 0 Å². The van der Waals surface area contributed by atoms with Crippen molar-refractivity contribution < 1.29 is 9.59 Å². The Morgan fingerprint density at radius 3 is 2.36 bits per heavy atom. The summed E-state index contributed by atoms with van der Waals surface area (Å²) in [6.07, 6.45) is 2.97. The van der Waals surface area contributed by atoms with Crippen molar-refractivity contribution in [2.75, 3.05) is 0 Å². The lowest BCUT2D eigenvalue weighted by Crippen LogP contribution is -2.41. The fourth-order valence-corrected chi connectivity index (χ4v) is 1.93. The standard InChI is InChI=1S/C17H15ClN2O2/c1-12-4-2-3-5-15(12)17(22)20-19-16(21)11-8-13-6-9-14(18)10-7-13/h2-11H,1H3,(H,19,21)(H,20,22)/b11-8+. The molecule has 0 saturated heterocycles. The van der Waals surface area contributed by atoms with Crippen LogP contribution in [0.4, 0.5) is 0 Å². The van der Waals surface area contributed by atoms with Crippen molar-refractivity contribution in [1.29, 1.82) is 0 Å².